The van der Waals surface area contributed by atoms with E-state index in [4.69, 9.17) is 4.98 Å². The summed E-state index contributed by atoms with van der Waals surface area (Å²) in [7, 11) is 0. The molecule has 2 aromatic heterocycles. The lowest BCUT2D eigenvalue weighted by atomic mass is 10.0. The maximum absolute atomic E-state index is 12.8. The minimum Gasteiger partial charge on any atom is -0.348 e. The van der Waals surface area contributed by atoms with Crippen LogP contribution in [0.1, 0.15) is 56.7 Å². The van der Waals surface area contributed by atoms with Crippen molar-refractivity contribution in [3.05, 3.63) is 35.9 Å². The first-order chi connectivity index (χ1) is 12.6. The zero-order valence-corrected chi connectivity index (χ0v) is 15.1. The van der Waals surface area contributed by atoms with Crippen LogP contribution in [0.2, 0.25) is 0 Å². The number of aryl methyl sites for hydroxylation is 1. The minimum absolute atomic E-state index is 0.0367. The van der Waals surface area contributed by atoms with E-state index in [0.29, 0.717) is 12.4 Å². The Kier molecular flexibility index (Phi) is 4.40. The summed E-state index contributed by atoms with van der Waals surface area (Å²) >= 11 is 0. The molecule has 8 nitrogen and oxygen atoms in total. The van der Waals surface area contributed by atoms with Crippen LogP contribution in [0, 0.1) is 0 Å². The Bertz CT molecular complexity index is 927. The number of amides is 1. The number of hydrogen-bond acceptors (Lipinski definition) is 5. The fourth-order valence-electron chi connectivity index (χ4n) is 3.69. The van der Waals surface area contributed by atoms with Crippen LogP contribution >= 0.6 is 0 Å². The minimum atomic E-state index is -0.302. The topological polar surface area (TPSA) is 90.5 Å². The molecule has 136 valence electrons. The zero-order chi connectivity index (χ0) is 18.1. The number of carbonyl (C=O) groups is 1. The third-order valence-electron chi connectivity index (χ3n) is 4.91. The first kappa shape index (κ1) is 16.7. The van der Waals surface area contributed by atoms with Crippen molar-refractivity contribution >= 4 is 16.9 Å². The summed E-state index contributed by atoms with van der Waals surface area (Å²) in [6.45, 7) is 5.41. The molecule has 0 fully saturated rings. The number of carbonyl (C=O) groups excluding carboxylic acids is 1. The molecule has 3 heterocycles. The summed E-state index contributed by atoms with van der Waals surface area (Å²) in [5.74, 6) is 1.19. The van der Waals surface area contributed by atoms with Crippen LogP contribution in [-0.2, 0) is 17.9 Å². The average Bonchev–Trinajstić information content (AvgIpc) is 3.18. The maximum Gasteiger partial charge on any atom is 0.231 e. The normalized spacial score (nSPS) is 17.3. The van der Waals surface area contributed by atoms with E-state index in [1.807, 2.05) is 18.2 Å². The van der Waals surface area contributed by atoms with Gasteiger partial charge < -0.3 is 9.88 Å². The van der Waals surface area contributed by atoms with Crippen molar-refractivity contribution in [3.63, 3.8) is 0 Å². The number of tetrazole rings is 1. The predicted molar refractivity (Wildman–Crippen MR) is 96.4 cm³/mol. The number of benzene rings is 1. The Morgan fingerprint density at radius 3 is 3.00 bits per heavy atom. The van der Waals surface area contributed by atoms with Crippen molar-refractivity contribution in [3.8, 4) is 0 Å². The largest absolute Gasteiger partial charge is 0.348 e. The first-order valence-electron chi connectivity index (χ1n) is 9.14. The van der Waals surface area contributed by atoms with Crippen LogP contribution in [0.3, 0.4) is 0 Å². The Labute approximate surface area is 151 Å². The van der Waals surface area contributed by atoms with Crippen LogP contribution in [0.4, 0.5) is 0 Å². The summed E-state index contributed by atoms with van der Waals surface area (Å²) in [5.41, 5.74) is 2.04. The van der Waals surface area contributed by atoms with Gasteiger partial charge in [-0.05, 0) is 49.2 Å². The Morgan fingerprint density at radius 1 is 1.31 bits per heavy atom. The highest BCUT2D eigenvalue weighted by Gasteiger charge is 2.28. The van der Waals surface area contributed by atoms with Gasteiger partial charge in [-0.2, -0.15) is 0 Å². The smallest absolute Gasteiger partial charge is 0.231 e. The molecule has 4 rings (SSSR count). The van der Waals surface area contributed by atoms with E-state index >= 15 is 0 Å². The van der Waals surface area contributed by atoms with Gasteiger partial charge in [-0.15, -0.1) is 5.10 Å². The van der Waals surface area contributed by atoms with E-state index in [-0.39, 0.29) is 17.9 Å². The van der Waals surface area contributed by atoms with Crippen molar-refractivity contribution in [2.75, 3.05) is 0 Å². The second-order valence-corrected chi connectivity index (χ2v) is 7.01. The number of fused-ring (bicyclic) bond motifs is 2. The van der Waals surface area contributed by atoms with Crippen molar-refractivity contribution in [1.82, 2.24) is 35.1 Å². The molecule has 1 aromatic carbocycles. The molecule has 0 unspecified atom stereocenters. The number of nitrogens with one attached hydrogen (secondary N) is 1. The number of imidazole rings is 1. The van der Waals surface area contributed by atoms with E-state index in [1.165, 1.54) is 0 Å². The van der Waals surface area contributed by atoms with E-state index < -0.39 is 0 Å². The highest BCUT2D eigenvalue weighted by molar-refractivity contribution is 5.83. The fourth-order valence-corrected chi connectivity index (χ4v) is 3.69. The molecular formula is C18H23N7O. The molecule has 0 bridgehead atoms. The summed E-state index contributed by atoms with van der Waals surface area (Å²) in [6, 6.07) is 8.32. The number of aromatic nitrogens is 6. The molecule has 0 radical (unpaired) electrons. The van der Waals surface area contributed by atoms with Gasteiger partial charge in [-0.3, -0.25) is 4.79 Å². The molecule has 0 saturated carbocycles. The SMILES string of the molecule is CC(C)n1c(CNC(=O)[C@H]2CCCCn3nnnc32)nc2ccccc21. The standard InChI is InChI=1S/C18H23N7O/c1-12(2)25-15-9-4-3-8-14(15)20-16(25)11-19-18(26)13-7-5-6-10-24-17(13)21-22-23-24/h3-4,8-9,12-13H,5-7,10-11H2,1-2H3,(H,19,26)/t13-/m0/s1. The fraction of sp³-hybridized carbons (Fsp3) is 0.500. The van der Waals surface area contributed by atoms with Gasteiger partial charge in [-0.1, -0.05) is 18.6 Å². The second kappa shape index (κ2) is 6.86. The third kappa shape index (κ3) is 2.95. The lowest BCUT2D eigenvalue weighted by Crippen LogP contribution is -2.31. The highest BCUT2D eigenvalue weighted by atomic mass is 16.1. The molecule has 0 spiro atoms. The van der Waals surface area contributed by atoms with E-state index in [2.05, 4.69) is 45.3 Å². The lowest BCUT2D eigenvalue weighted by Gasteiger charge is -2.16. The average molecular weight is 353 g/mol. The second-order valence-electron chi connectivity index (χ2n) is 7.01. The van der Waals surface area contributed by atoms with Crippen LogP contribution < -0.4 is 5.32 Å². The zero-order valence-electron chi connectivity index (χ0n) is 15.1. The highest BCUT2D eigenvalue weighted by Crippen LogP contribution is 2.25. The third-order valence-corrected chi connectivity index (χ3v) is 4.91. The number of nitrogens with zero attached hydrogens (tertiary/aromatic N) is 6. The van der Waals surface area contributed by atoms with Gasteiger partial charge in [0.25, 0.3) is 0 Å². The molecule has 1 atom stereocenters. The van der Waals surface area contributed by atoms with Gasteiger partial charge in [0.15, 0.2) is 5.82 Å². The monoisotopic (exact) mass is 353 g/mol. The summed E-state index contributed by atoms with van der Waals surface area (Å²) in [4.78, 5) is 17.5. The van der Waals surface area contributed by atoms with Crippen LogP contribution in [0.25, 0.3) is 11.0 Å². The van der Waals surface area contributed by atoms with Gasteiger partial charge >= 0.3 is 0 Å². The summed E-state index contributed by atoms with van der Waals surface area (Å²) < 4.78 is 3.92. The predicted octanol–water partition coefficient (Wildman–Crippen LogP) is 2.19. The molecule has 1 amide bonds. The lowest BCUT2D eigenvalue weighted by molar-refractivity contribution is -0.123. The summed E-state index contributed by atoms with van der Waals surface area (Å²) in [5, 5.41) is 14.8. The number of rotatable bonds is 4. The van der Waals surface area contributed by atoms with Crippen LogP contribution in [0.15, 0.2) is 24.3 Å². The van der Waals surface area contributed by atoms with Crippen molar-refractivity contribution < 1.29 is 4.79 Å². The van der Waals surface area contributed by atoms with Crippen molar-refractivity contribution in [1.29, 1.82) is 0 Å². The molecule has 1 aliphatic heterocycles. The van der Waals surface area contributed by atoms with Gasteiger partial charge in [0.1, 0.15) is 5.82 Å². The first-order valence-corrected chi connectivity index (χ1v) is 9.14. The molecule has 1 aliphatic rings. The van der Waals surface area contributed by atoms with Crippen LogP contribution in [0.5, 0.6) is 0 Å². The molecule has 1 N–H and O–H groups in total. The Hall–Kier alpha value is -2.77. The van der Waals surface area contributed by atoms with E-state index in [1.54, 1.807) is 4.68 Å². The quantitative estimate of drug-likeness (QED) is 0.776. The Balaban J connectivity index is 1.55. The Morgan fingerprint density at radius 2 is 2.15 bits per heavy atom. The number of hydrogen-bond donors (Lipinski definition) is 1. The number of para-hydroxylation sites is 2. The van der Waals surface area contributed by atoms with Gasteiger partial charge in [0.2, 0.25) is 5.91 Å². The van der Waals surface area contributed by atoms with Gasteiger partial charge in [0, 0.05) is 12.6 Å². The van der Waals surface area contributed by atoms with E-state index in [0.717, 1.165) is 42.7 Å². The van der Waals surface area contributed by atoms with Crippen molar-refractivity contribution in [2.24, 2.45) is 0 Å². The maximum atomic E-state index is 12.8. The molecule has 0 saturated heterocycles. The molecular weight excluding hydrogens is 330 g/mol. The molecule has 26 heavy (non-hydrogen) atoms. The van der Waals surface area contributed by atoms with Gasteiger partial charge in [-0.25, -0.2) is 9.67 Å². The summed E-state index contributed by atoms with van der Waals surface area (Å²) in [6.07, 6.45) is 2.74. The molecule has 0 aliphatic carbocycles. The van der Waals surface area contributed by atoms with E-state index in [9.17, 15) is 4.79 Å². The molecule has 3 aromatic rings. The van der Waals surface area contributed by atoms with Crippen LogP contribution in [-0.4, -0.2) is 35.7 Å². The van der Waals surface area contributed by atoms with Gasteiger partial charge in [0.05, 0.1) is 23.5 Å². The molecule has 8 heteroatoms. The van der Waals surface area contributed by atoms with Crippen molar-refractivity contribution in [2.45, 2.75) is 58.2 Å².